The molecule has 0 bridgehead atoms. The zero-order chi connectivity index (χ0) is 16.4. The van der Waals surface area contributed by atoms with Crippen LogP contribution in [0.25, 0.3) is 10.9 Å². The molecule has 0 aliphatic carbocycles. The molecule has 3 rings (SSSR count). The van der Waals surface area contributed by atoms with Crippen molar-refractivity contribution in [3.8, 4) is 0 Å². The van der Waals surface area contributed by atoms with Gasteiger partial charge in [0.25, 0.3) is 0 Å². The number of anilines is 1. The summed E-state index contributed by atoms with van der Waals surface area (Å²) in [5.74, 6) is -0.258. The molecular weight excluding hydrogens is 296 g/mol. The van der Waals surface area contributed by atoms with Crippen molar-refractivity contribution in [1.82, 2.24) is 9.88 Å². The van der Waals surface area contributed by atoms with Gasteiger partial charge in [0.2, 0.25) is 0 Å². The minimum Gasteiger partial charge on any atom is -0.382 e. The van der Waals surface area contributed by atoms with E-state index in [0.29, 0.717) is 11.6 Å². The second kappa shape index (κ2) is 6.79. The fourth-order valence-corrected chi connectivity index (χ4v) is 3.31. The molecule has 0 unspecified atom stereocenters. The maximum Gasteiger partial charge on any atom is 0.149 e. The van der Waals surface area contributed by atoms with Crippen LogP contribution in [0.3, 0.4) is 0 Å². The molecule has 1 saturated heterocycles. The van der Waals surface area contributed by atoms with E-state index in [-0.39, 0.29) is 16.9 Å². The number of piperidine rings is 1. The predicted molar refractivity (Wildman–Crippen MR) is 89.6 cm³/mol. The Labute approximate surface area is 135 Å². The summed E-state index contributed by atoms with van der Waals surface area (Å²) < 4.78 is 28.0. The molecule has 1 aromatic heterocycles. The lowest BCUT2D eigenvalue weighted by Gasteiger charge is -2.34. The van der Waals surface area contributed by atoms with Gasteiger partial charge in [-0.3, -0.25) is 4.98 Å². The molecule has 3 nitrogen and oxygen atoms in total. The van der Waals surface area contributed by atoms with Crippen LogP contribution < -0.4 is 5.32 Å². The summed E-state index contributed by atoms with van der Waals surface area (Å²) in [4.78, 5) is 6.44. The van der Waals surface area contributed by atoms with E-state index >= 15 is 0 Å². The van der Waals surface area contributed by atoms with Crippen LogP contribution in [0.1, 0.15) is 26.7 Å². The minimum absolute atomic E-state index is 0.0900. The molecule has 0 saturated carbocycles. The van der Waals surface area contributed by atoms with Gasteiger partial charge in [-0.15, -0.1) is 0 Å². The van der Waals surface area contributed by atoms with Crippen LogP contribution in [0.5, 0.6) is 0 Å². The number of pyridine rings is 1. The number of fused-ring (bicyclic) bond motifs is 1. The molecule has 124 valence electrons. The van der Waals surface area contributed by atoms with E-state index in [9.17, 15) is 8.78 Å². The molecule has 5 heteroatoms. The number of nitrogens with one attached hydrogen (secondary N) is 1. The molecule has 1 aliphatic heterocycles. The first-order valence-electron chi connectivity index (χ1n) is 8.26. The van der Waals surface area contributed by atoms with Crippen LogP contribution in [-0.2, 0) is 0 Å². The predicted octanol–water partition coefficient (Wildman–Crippen LogP) is 4.05. The zero-order valence-corrected chi connectivity index (χ0v) is 13.6. The Bertz CT molecular complexity index is 679. The maximum atomic E-state index is 14.1. The standard InChI is InChI=1S/C18H23F2N3/c1-12(2)11-23-9-6-13(7-10-23)22-16-5-8-21-18-15(20)4-3-14(19)17(16)18/h3-5,8,12-13H,6-7,9-11H2,1-2H3,(H,21,22). The molecular formula is C18H23F2N3. The van der Waals surface area contributed by atoms with Crippen molar-refractivity contribution < 1.29 is 8.78 Å². The lowest BCUT2D eigenvalue weighted by Crippen LogP contribution is -2.40. The number of rotatable bonds is 4. The minimum atomic E-state index is -0.489. The van der Waals surface area contributed by atoms with Crippen molar-refractivity contribution in [3.63, 3.8) is 0 Å². The third-order valence-electron chi connectivity index (χ3n) is 4.36. The van der Waals surface area contributed by atoms with Crippen LogP contribution in [0.2, 0.25) is 0 Å². The molecule has 1 aliphatic rings. The molecule has 1 aromatic carbocycles. The molecule has 1 fully saturated rings. The quantitative estimate of drug-likeness (QED) is 0.921. The highest BCUT2D eigenvalue weighted by Gasteiger charge is 2.21. The number of likely N-dealkylation sites (tertiary alicyclic amines) is 1. The molecule has 1 N–H and O–H groups in total. The molecule has 2 aromatic rings. The van der Waals surface area contributed by atoms with Crippen molar-refractivity contribution in [3.05, 3.63) is 36.0 Å². The van der Waals surface area contributed by atoms with Gasteiger partial charge in [0.1, 0.15) is 17.2 Å². The van der Waals surface area contributed by atoms with Gasteiger partial charge in [-0.2, -0.15) is 0 Å². The van der Waals surface area contributed by atoms with Crippen molar-refractivity contribution in [2.45, 2.75) is 32.7 Å². The van der Waals surface area contributed by atoms with Crippen LogP contribution >= 0.6 is 0 Å². The lowest BCUT2D eigenvalue weighted by atomic mass is 10.0. The highest BCUT2D eigenvalue weighted by molar-refractivity contribution is 5.92. The Morgan fingerprint density at radius 1 is 1.17 bits per heavy atom. The second-order valence-electron chi connectivity index (χ2n) is 6.72. The number of aromatic nitrogens is 1. The van der Waals surface area contributed by atoms with Crippen molar-refractivity contribution in [2.24, 2.45) is 5.92 Å². The topological polar surface area (TPSA) is 28.2 Å². The van der Waals surface area contributed by atoms with Gasteiger partial charge >= 0.3 is 0 Å². The average molecular weight is 319 g/mol. The fourth-order valence-electron chi connectivity index (χ4n) is 3.31. The molecule has 0 atom stereocenters. The highest BCUT2D eigenvalue weighted by atomic mass is 19.1. The van der Waals surface area contributed by atoms with Crippen LogP contribution in [0, 0.1) is 17.6 Å². The largest absolute Gasteiger partial charge is 0.382 e. The first-order chi connectivity index (χ1) is 11.0. The maximum absolute atomic E-state index is 14.1. The Morgan fingerprint density at radius 3 is 2.57 bits per heavy atom. The molecule has 0 spiro atoms. The normalized spacial score (nSPS) is 17.1. The Balaban J connectivity index is 1.75. The number of hydrogen-bond acceptors (Lipinski definition) is 3. The fraction of sp³-hybridized carbons (Fsp3) is 0.500. The van der Waals surface area contributed by atoms with E-state index < -0.39 is 11.6 Å². The average Bonchev–Trinajstić information content (AvgIpc) is 2.52. The zero-order valence-electron chi connectivity index (χ0n) is 13.6. The van der Waals surface area contributed by atoms with Crippen molar-refractivity contribution in [2.75, 3.05) is 25.0 Å². The van der Waals surface area contributed by atoms with E-state index in [1.54, 1.807) is 6.07 Å². The van der Waals surface area contributed by atoms with Crippen LogP contribution in [0.15, 0.2) is 24.4 Å². The second-order valence-corrected chi connectivity index (χ2v) is 6.72. The van der Waals surface area contributed by atoms with Gasteiger partial charge in [0, 0.05) is 37.6 Å². The van der Waals surface area contributed by atoms with E-state index in [1.165, 1.54) is 6.20 Å². The summed E-state index contributed by atoms with van der Waals surface area (Å²) in [6, 6.07) is 4.30. The lowest BCUT2D eigenvalue weighted by molar-refractivity contribution is 0.198. The van der Waals surface area contributed by atoms with Gasteiger partial charge in [0.15, 0.2) is 0 Å². The third-order valence-corrected chi connectivity index (χ3v) is 4.36. The van der Waals surface area contributed by atoms with E-state index in [0.717, 1.165) is 44.6 Å². The Kier molecular flexibility index (Phi) is 4.76. The SMILES string of the molecule is CC(C)CN1CCC(Nc2ccnc3c(F)ccc(F)c23)CC1. The number of benzene rings is 1. The van der Waals surface area contributed by atoms with Crippen LogP contribution in [-0.4, -0.2) is 35.6 Å². The van der Waals surface area contributed by atoms with Gasteiger partial charge in [-0.05, 0) is 37.0 Å². The van der Waals surface area contributed by atoms with Crippen LogP contribution in [0.4, 0.5) is 14.5 Å². The molecule has 23 heavy (non-hydrogen) atoms. The summed E-state index contributed by atoms with van der Waals surface area (Å²) in [5, 5.41) is 3.64. The first kappa shape index (κ1) is 16.1. The van der Waals surface area contributed by atoms with Crippen molar-refractivity contribution >= 4 is 16.6 Å². The summed E-state index contributed by atoms with van der Waals surface area (Å²) in [6.07, 6.45) is 3.54. The van der Waals surface area contributed by atoms with E-state index in [4.69, 9.17) is 0 Å². The molecule has 2 heterocycles. The molecule has 0 amide bonds. The van der Waals surface area contributed by atoms with Gasteiger partial charge < -0.3 is 10.2 Å². The highest BCUT2D eigenvalue weighted by Crippen LogP contribution is 2.28. The molecule has 0 radical (unpaired) electrons. The smallest absolute Gasteiger partial charge is 0.149 e. The van der Waals surface area contributed by atoms with E-state index in [2.05, 4.69) is 29.0 Å². The van der Waals surface area contributed by atoms with Gasteiger partial charge in [-0.1, -0.05) is 13.8 Å². The van der Waals surface area contributed by atoms with Gasteiger partial charge in [-0.25, -0.2) is 8.78 Å². The third kappa shape index (κ3) is 3.61. The summed E-state index contributed by atoms with van der Waals surface area (Å²) in [6.45, 7) is 7.64. The number of halogens is 2. The summed E-state index contributed by atoms with van der Waals surface area (Å²) in [7, 11) is 0. The van der Waals surface area contributed by atoms with E-state index in [1.807, 2.05) is 0 Å². The monoisotopic (exact) mass is 319 g/mol. The first-order valence-corrected chi connectivity index (χ1v) is 8.26. The Hall–Kier alpha value is -1.75. The Morgan fingerprint density at radius 2 is 1.87 bits per heavy atom. The number of hydrogen-bond donors (Lipinski definition) is 1. The number of nitrogens with zero attached hydrogens (tertiary/aromatic N) is 2. The summed E-state index contributed by atoms with van der Waals surface area (Å²) >= 11 is 0. The van der Waals surface area contributed by atoms with Gasteiger partial charge in [0.05, 0.1) is 5.39 Å². The van der Waals surface area contributed by atoms with Crippen molar-refractivity contribution in [1.29, 1.82) is 0 Å². The summed E-state index contributed by atoms with van der Waals surface area (Å²) in [5.41, 5.74) is 0.724.